The van der Waals surface area contributed by atoms with Crippen molar-refractivity contribution in [3.05, 3.63) is 30.1 Å². The summed E-state index contributed by atoms with van der Waals surface area (Å²) < 4.78 is 24.2. The first kappa shape index (κ1) is 13.5. The molecule has 1 fully saturated rings. The van der Waals surface area contributed by atoms with Gasteiger partial charge >= 0.3 is 6.01 Å². The fourth-order valence-electron chi connectivity index (χ4n) is 1.94. The summed E-state index contributed by atoms with van der Waals surface area (Å²) in [5.74, 6) is -0.0320. The van der Waals surface area contributed by atoms with E-state index in [0.29, 0.717) is 32.3 Å². The summed E-state index contributed by atoms with van der Waals surface area (Å²) in [5.41, 5.74) is 5.66. The number of halogens is 1. The molecule has 1 aliphatic rings. The lowest BCUT2D eigenvalue weighted by Crippen LogP contribution is -2.37. The number of hydrogen-bond acceptors (Lipinski definition) is 7. The molecule has 0 atom stereocenters. The lowest BCUT2D eigenvalue weighted by molar-refractivity contribution is 0.122. The van der Waals surface area contributed by atoms with Crippen LogP contribution in [0, 0.1) is 5.82 Å². The zero-order valence-corrected chi connectivity index (χ0v) is 11.2. The van der Waals surface area contributed by atoms with Crippen molar-refractivity contribution in [1.29, 1.82) is 0 Å². The molecule has 0 aliphatic carbocycles. The third kappa shape index (κ3) is 3.16. The summed E-state index contributed by atoms with van der Waals surface area (Å²) in [6.45, 7) is 2.50. The van der Waals surface area contributed by atoms with Gasteiger partial charge in [-0.2, -0.15) is 15.0 Å². The van der Waals surface area contributed by atoms with E-state index in [-0.39, 0.29) is 17.7 Å². The number of hydrogen-bond donors (Lipinski definition) is 1. The molecule has 1 aromatic heterocycles. The van der Waals surface area contributed by atoms with Crippen LogP contribution >= 0.6 is 0 Å². The maximum atomic E-state index is 13.6. The predicted octanol–water partition coefficient (Wildman–Crippen LogP) is 1.22. The summed E-state index contributed by atoms with van der Waals surface area (Å²) in [7, 11) is 0. The van der Waals surface area contributed by atoms with Crippen molar-refractivity contribution in [3.63, 3.8) is 0 Å². The lowest BCUT2D eigenvalue weighted by atomic mass is 10.3. The van der Waals surface area contributed by atoms with E-state index in [4.69, 9.17) is 15.2 Å². The van der Waals surface area contributed by atoms with Gasteiger partial charge in [-0.3, -0.25) is 0 Å². The maximum Gasteiger partial charge on any atom is 0.328 e. The highest BCUT2D eigenvalue weighted by molar-refractivity contribution is 5.37. The normalized spacial score (nSPS) is 15.0. The van der Waals surface area contributed by atoms with Gasteiger partial charge in [-0.05, 0) is 12.1 Å². The van der Waals surface area contributed by atoms with Crippen molar-refractivity contribution in [3.8, 4) is 11.8 Å². The minimum absolute atomic E-state index is 0.0258. The van der Waals surface area contributed by atoms with E-state index in [2.05, 4.69) is 15.0 Å². The smallest absolute Gasteiger partial charge is 0.328 e. The van der Waals surface area contributed by atoms with E-state index >= 15 is 0 Å². The SMILES string of the molecule is Nc1nc(Oc2ccccc2F)nc(N2CCOCC2)n1. The van der Waals surface area contributed by atoms with Gasteiger partial charge in [-0.1, -0.05) is 12.1 Å². The maximum absolute atomic E-state index is 13.6. The van der Waals surface area contributed by atoms with Crippen molar-refractivity contribution in [2.75, 3.05) is 36.9 Å². The number of benzene rings is 1. The molecule has 0 radical (unpaired) electrons. The summed E-state index contributed by atoms with van der Waals surface area (Å²) >= 11 is 0. The molecule has 110 valence electrons. The van der Waals surface area contributed by atoms with Gasteiger partial charge in [0, 0.05) is 13.1 Å². The number of nitrogens with two attached hydrogens (primary N) is 1. The first-order valence-electron chi connectivity index (χ1n) is 6.49. The highest BCUT2D eigenvalue weighted by atomic mass is 19.1. The Morgan fingerprint density at radius 1 is 1.14 bits per heavy atom. The van der Waals surface area contributed by atoms with E-state index < -0.39 is 5.82 Å². The first-order valence-corrected chi connectivity index (χ1v) is 6.49. The highest BCUT2D eigenvalue weighted by Crippen LogP contribution is 2.23. The minimum Gasteiger partial charge on any atom is -0.421 e. The highest BCUT2D eigenvalue weighted by Gasteiger charge is 2.17. The van der Waals surface area contributed by atoms with Crippen LogP contribution in [0.1, 0.15) is 0 Å². The molecule has 3 rings (SSSR count). The molecular weight excluding hydrogens is 277 g/mol. The first-order chi connectivity index (χ1) is 10.2. The van der Waals surface area contributed by atoms with E-state index in [9.17, 15) is 4.39 Å². The van der Waals surface area contributed by atoms with Crippen molar-refractivity contribution in [1.82, 2.24) is 15.0 Å². The predicted molar refractivity (Wildman–Crippen MR) is 73.7 cm³/mol. The Bertz CT molecular complexity index is 634. The molecule has 2 N–H and O–H groups in total. The largest absolute Gasteiger partial charge is 0.421 e. The van der Waals surface area contributed by atoms with Crippen molar-refractivity contribution in [2.24, 2.45) is 0 Å². The van der Waals surface area contributed by atoms with E-state index in [1.165, 1.54) is 12.1 Å². The number of nitrogens with zero attached hydrogens (tertiary/aromatic N) is 4. The van der Waals surface area contributed by atoms with Crippen LogP contribution < -0.4 is 15.4 Å². The van der Waals surface area contributed by atoms with Gasteiger partial charge in [-0.15, -0.1) is 0 Å². The molecule has 1 aliphatic heterocycles. The van der Waals surface area contributed by atoms with Crippen LogP contribution in [0.15, 0.2) is 24.3 Å². The molecule has 0 bridgehead atoms. The van der Waals surface area contributed by atoms with Crippen LogP contribution in [0.25, 0.3) is 0 Å². The number of anilines is 2. The average Bonchev–Trinajstić information content (AvgIpc) is 2.50. The van der Waals surface area contributed by atoms with Gasteiger partial charge in [0.25, 0.3) is 0 Å². The zero-order valence-electron chi connectivity index (χ0n) is 11.2. The molecule has 0 saturated carbocycles. The van der Waals surface area contributed by atoms with Crippen LogP contribution in [0.2, 0.25) is 0 Å². The Labute approximate surface area is 120 Å². The van der Waals surface area contributed by atoms with Crippen LogP contribution in [0.5, 0.6) is 11.8 Å². The van der Waals surface area contributed by atoms with E-state index in [1.807, 2.05) is 4.90 Å². The number of aromatic nitrogens is 3. The summed E-state index contributed by atoms with van der Waals surface area (Å²) in [6, 6.07) is 5.98. The average molecular weight is 291 g/mol. The summed E-state index contributed by atoms with van der Waals surface area (Å²) in [4.78, 5) is 14.0. The second-order valence-electron chi connectivity index (χ2n) is 4.41. The number of nitrogen functional groups attached to an aromatic ring is 1. The Morgan fingerprint density at radius 2 is 1.90 bits per heavy atom. The van der Waals surface area contributed by atoms with E-state index in [1.54, 1.807) is 12.1 Å². The van der Waals surface area contributed by atoms with Gasteiger partial charge in [0.2, 0.25) is 11.9 Å². The van der Waals surface area contributed by atoms with Gasteiger partial charge < -0.3 is 20.1 Å². The third-order valence-corrected chi connectivity index (χ3v) is 2.95. The Balaban J connectivity index is 1.85. The van der Waals surface area contributed by atoms with Crippen LogP contribution in [0.3, 0.4) is 0 Å². The molecule has 21 heavy (non-hydrogen) atoms. The standard InChI is InChI=1S/C13H14FN5O2/c14-9-3-1-2-4-10(9)21-13-17-11(15)16-12(18-13)19-5-7-20-8-6-19/h1-4H,5-8H2,(H2,15,16,17,18). The molecule has 7 nitrogen and oxygen atoms in total. The molecular formula is C13H14FN5O2. The fraction of sp³-hybridized carbons (Fsp3) is 0.308. The molecule has 1 aromatic carbocycles. The third-order valence-electron chi connectivity index (χ3n) is 2.95. The number of para-hydroxylation sites is 1. The molecule has 1 saturated heterocycles. The molecule has 2 aromatic rings. The molecule has 8 heteroatoms. The molecule has 0 unspecified atom stereocenters. The van der Waals surface area contributed by atoms with Crippen molar-refractivity contribution >= 4 is 11.9 Å². The van der Waals surface area contributed by atoms with Crippen LogP contribution in [-0.2, 0) is 4.74 Å². The Morgan fingerprint density at radius 3 is 2.67 bits per heavy atom. The second kappa shape index (κ2) is 5.88. The number of ether oxygens (including phenoxy) is 2. The second-order valence-corrected chi connectivity index (χ2v) is 4.41. The lowest BCUT2D eigenvalue weighted by Gasteiger charge is -2.26. The van der Waals surface area contributed by atoms with Crippen molar-refractivity contribution in [2.45, 2.75) is 0 Å². The summed E-state index contributed by atoms with van der Waals surface area (Å²) in [6.07, 6.45) is 0. The van der Waals surface area contributed by atoms with Crippen LogP contribution in [-0.4, -0.2) is 41.3 Å². The topological polar surface area (TPSA) is 86.4 Å². The molecule has 0 amide bonds. The van der Waals surface area contributed by atoms with Gasteiger partial charge in [0.15, 0.2) is 11.6 Å². The van der Waals surface area contributed by atoms with Gasteiger partial charge in [0.05, 0.1) is 13.2 Å². The van der Waals surface area contributed by atoms with Gasteiger partial charge in [-0.25, -0.2) is 4.39 Å². The van der Waals surface area contributed by atoms with Gasteiger partial charge in [0.1, 0.15) is 0 Å². The number of morpholine rings is 1. The Hall–Kier alpha value is -2.48. The Kier molecular flexibility index (Phi) is 3.78. The number of rotatable bonds is 3. The molecule has 0 spiro atoms. The molecule has 2 heterocycles. The minimum atomic E-state index is -0.496. The van der Waals surface area contributed by atoms with E-state index in [0.717, 1.165) is 0 Å². The summed E-state index contributed by atoms with van der Waals surface area (Å²) in [5, 5.41) is 0. The monoisotopic (exact) mass is 291 g/mol. The van der Waals surface area contributed by atoms with Crippen molar-refractivity contribution < 1.29 is 13.9 Å². The van der Waals surface area contributed by atoms with Crippen LogP contribution in [0.4, 0.5) is 16.3 Å². The fourth-order valence-corrected chi connectivity index (χ4v) is 1.94. The zero-order chi connectivity index (χ0) is 14.7. The quantitative estimate of drug-likeness (QED) is 0.909.